The molecule has 1 heterocycles. The van der Waals surface area contributed by atoms with Crippen LogP contribution in [0.25, 0.3) is 22.4 Å². The molecule has 0 saturated heterocycles. The Morgan fingerprint density at radius 3 is 2.30 bits per heavy atom. The molecular weight excluding hydrogens is 370 g/mol. The van der Waals surface area contributed by atoms with Crippen molar-refractivity contribution in [2.45, 2.75) is 20.4 Å². The first kappa shape index (κ1) is 19.8. The molecular formula is C26H27N3O. The van der Waals surface area contributed by atoms with E-state index in [1.54, 1.807) is 7.11 Å². The molecule has 0 radical (unpaired) electrons. The summed E-state index contributed by atoms with van der Waals surface area (Å²) in [5.74, 6) is 1.84. The fraction of sp³-hybridized carbons (Fsp3) is 0.192. The SMILES string of the molecule is COc1cccc(CNc2cc(-c3ccc(-c4ccc(C)c(C)c4)cc3)nn2C)c1. The highest BCUT2D eigenvalue weighted by Crippen LogP contribution is 2.27. The molecule has 0 amide bonds. The van der Waals surface area contributed by atoms with E-state index in [2.05, 4.69) is 78.9 Å². The van der Waals surface area contributed by atoms with Crippen molar-refractivity contribution >= 4 is 5.82 Å². The summed E-state index contributed by atoms with van der Waals surface area (Å²) in [5.41, 5.74) is 8.31. The van der Waals surface area contributed by atoms with Crippen molar-refractivity contribution < 1.29 is 4.74 Å². The van der Waals surface area contributed by atoms with Crippen LogP contribution in [0.5, 0.6) is 5.75 Å². The molecule has 0 fully saturated rings. The molecule has 4 rings (SSSR count). The Morgan fingerprint density at radius 2 is 1.57 bits per heavy atom. The summed E-state index contributed by atoms with van der Waals surface area (Å²) in [5, 5.41) is 8.15. The molecule has 0 bridgehead atoms. The van der Waals surface area contributed by atoms with E-state index in [0.29, 0.717) is 6.54 Å². The molecule has 0 atom stereocenters. The number of anilines is 1. The van der Waals surface area contributed by atoms with Gasteiger partial charge in [-0.3, -0.25) is 4.68 Å². The number of rotatable bonds is 6. The van der Waals surface area contributed by atoms with Gasteiger partial charge >= 0.3 is 0 Å². The highest BCUT2D eigenvalue weighted by atomic mass is 16.5. The van der Waals surface area contributed by atoms with Crippen LogP contribution in [0.3, 0.4) is 0 Å². The van der Waals surface area contributed by atoms with E-state index >= 15 is 0 Å². The number of nitrogens with one attached hydrogen (secondary N) is 1. The summed E-state index contributed by atoms with van der Waals surface area (Å²) < 4.78 is 7.18. The number of methoxy groups -OCH3 is 1. The molecule has 152 valence electrons. The molecule has 1 N–H and O–H groups in total. The predicted octanol–water partition coefficient (Wildman–Crippen LogP) is 5.99. The quantitative estimate of drug-likeness (QED) is 0.434. The lowest BCUT2D eigenvalue weighted by atomic mass is 9.99. The van der Waals surface area contributed by atoms with Gasteiger partial charge in [0.2, 0.25) is 0 Å². The summed E-state index contributed by atoms with van der Waals surface area (Å²) in [4.78, 5) is 0. The summed E-state index contributed by atoms with van der Waals surface area (Å²) in [6.07, 6.45) is 0. The van der Waals surface area contributed by atoms with Gasteiger partial charge in [0, 0.05) is 25.2 Å². The average Bonchev–Trinajstić information content (AvgIpc) is 3.15. The van der Waals surface area contributed by atoms with Gasteiger partial charge in [-0.05, 0) is 53.8 Å². The molecule has 30 heavy (non-hydrogen) atoms. The van der Waals surface area contributed by atoms with E-state index in [-0.39, 0.29) is 0 Å². The van der Waals surface area contributed by atoms with Crippen LogP contribution in [0, 0.1) is 13.8 Å². The lowest BCUT2D eigenvalue weighted by molar-refractivity contribution is 0.414. The Bertz CT molecular complexity index is 1160. The molecule has 0 aliphatic heterocycles. The normalized spacial score (nSPS) is 10.8. The Morgan fingerprint density at radius 1 is 0.833 bits per heavy atom. The van der Waals surface area contributed by atoms with Gasteiger partial charge in [-0.2, -0.15) is 5.10 Å². The van der Waals surface area contributed by atoms with E-state index < -0.39 is 0 Å². The van der Waals surface area contributed by atoms with Crippen molar-refractivity contribution in [2.75, 3.05) is 12.4 Å². The van der Waals surface area contributed by atoms with Gasteiger partial charge in [0.25, 0.3) is 0 Å². The van der Waals surface area contributed by atoms with Crippen molar-refractivity contribution in [1.29, 1.82) is 0 Å². The largest absolute Gasteiger partial charge is 0.497 e. The van der Waals surface area contributed by atoms with Gasteiger partial charge in [0.15, 0.2) is 0 Å². The van der Waals surface area contributed by atoms with Gasteiger partial charge in [0.05, 0.1) is 12.8 Å². The number of hydrogen-bond donors (Lipinski definition) is 1. The van der Waals surface area contributed by atoms with Crippen LogP contribution in [0.2, 0.25) is 0 Å². The van der Waals surface area contributed by atoms with E-state index in [0.717, 1.165) is 28.4 Å². The van der Waals surface area contributed by atoms with Crippen LogP contribution in [-0.4, -0.2) is 16.9 Å². The van der Waals surface area contributed by atoms with Crippen LogP contribution in [0.4, 0.5) is 5.82 Å². The van der Waals surface area contributed by atoms with Crippen LogP contribution < -0.4 is 10.1 Å². The van der Waals surface area contributed by atoms with Gasteiger partial charge in [-0.1, -0.05) is 54.6 Å². The lowest BCUT2D eigenvalue weighted by Gasteiger charge is -2.07. The molecule has 3 aromatic carbocycles. The number of ether oxygens (including phenoxy) is 1. The molecule has 0 saturated carbocycles. The van der Waals surface area contributed by atoms with Crippen LogP contribution in [-0.2, 0) is 13.6 Å². The molecule has 0 unspecified atom stereocenters. The molecule has 1 aromatic heterocycles. The minimum absolute atomic E-state index is 0.710. The summed E-state index contributed by atoms with van der Waals surface area (Å²) in [6, 6.07) is 25.4. The fourth-order valence-corrected chi connectivity index (χ4v) is 3.50. The second-order valence-corrected chi connectivity index (χ2v) is 7.62. The maximum Gasteiger partial charge on any atom is 0.124 e. The third kappa shape index (κ3) is 4.23. The zero-order valence-corrected chi connectivity index (χ0v) is 17.9. The van der Waals surface area contributed by atoms with Crippen LogP contribution in [0.15, 0.2) is 72.8 Å². The number of aryl methyl sites for hydroxylation is 3. The van der Waals surface area contributed by atoms with Gasteiger partial charge < -0.3 is 10.1 Å². The molecule has 0 aliphatic rings. The zero-order valence-electron chi connectivity index (χ0n) is 17.9. The van der Waals surface area contributed by atoms with Crippen LogP contribution >= 0.6 is 0 Å². The maximum atomic E-state index is 5.30. The van der Waals surface area contributed by atoms with E-state index in [9.17, 15) is 0 Å². The van der Waals surface area contributed by atoms with Crippen LogP contribution in [0.1, 0.15) is 16.7 Å². The minimum atomic E-state index is 0.710. The number of hydrogen-bond acceptors (Lipinski definition) is 3. The van der Waals surface area contributed by atoms with Crippen molar-refractivity contribution in [2.24, 2.45) is 7.05 Å². The first-order valence-corrected chi connectivity index (χ1v) is 10.1. The monoisotopic (exact) mass is 397 g/mol. The fourth-order valence-electron chi connectivity index (χ4n) is 3.50. The molecule has 0 aliphatic carbocycles. The summed E-state index contributed by atoms with van der Waals surface area (Å²) in [6.45, 7) is 5.01. The Kier molecular flexibility index (Phi) is 5.57. The Hall–Kier alpha value is -3.53. The minimum Gasteiger partial charge on any atom is -0.497 e. The third-order valence-corrected chi connectivity index (χ3v) is 5.51. The summed E-state index contributed by atoms with van der Waals surface area (Å²) in [7, 11) is 3.64. The second-order valence-electron chi connectivity index (χ2n) is 7.62. The van der Waals surface area contributed by atoms with E-state index in [1.165, 1.54) is 22.3 Å². The molecule has 4 aromatic rings. The third-order valence-electron chi connectivity index (χ3n) is 5.51. The highest BCUT2D eigenvalue weighted by molar-refractivity contribution is 5.70. The maximum absolute atomic E-state index is 5.30. The smallest absolute Gasteiger partial charge is 0.124 e. The highest BCUT2D eigenvalue weighted by Gasteiger charge is 2.08. The van der Waals surface area contributed by atoms with Gasteiger partial charge in [-0.25, -0.2) is 0 Å². The number of nitrogens with zero attached hydrogens (tertiary/aromatic N) is 2. The molecule has 4 heteroatoms. The standard InChI is InChI=1S/C26H27N3O/c1-18-8-9-23(14-19(18)2)21-10-12-22(13-11-21)25-16-26(29(3)28-25)27-17-20-6-5-7-24(15-20)30-4/h5-16,27H,17H2,1-4H3. The van der Waals surface area contributed by atoms with Crippen molar-refractivity contribution in [3.05, 3.63) is 89.5 Å². The zero-order chi connectivity index (χ0) is 21.1. The van der Waals surface area contributed by atoms with E-state index in [1.807, 2.05) is 29.9 Å². The lowest BCUT2D eigenvalue weighted by Crippen LogP contribution is -2.04. The number of aromatic nitrogens is 2. The van der Waals surface area contributed by atoms with E-state index in [4.69, 9.17) is 4.74 Å². The van der Waals surface area contributed by atoms with Crippen molar-refractivity contribution in [3.8, 4) is 28.1 Å². The first-order chi connectivity index (χ1) is 14.5. The summed E-state index contributed by atoms with van der Waals surface area (Å²) >= 11 is 0. The van der Waals surface area contributed by atoms with Crippen molar-refractivity contribution in [1.82, 2.24) is 9.78 Å². The molecule has 4 nitrogen and oxygen atoms in total. The van der Waals surface area contributed by atoms with Gasteiger partial charge in [-0.15, -0.1) is 0 Å². The topological polar surface area (TPSA) is 39.1 Å². The Balaban J connectivity index is 1.50. The second kappa shape index (κ2) is 8.46. The predicted molar refractivity (Wildman–Crippen MR) is 124 cm³/mol. The molecule has 0 spiro atoms. The van der Waals surface area contributed by atoms with Crippen molar-refractivity contribution in [3.63, 3.8) is 0 Å². The first-order valence-electron chi connectivity index (χ1n) is 10.1. The average molecular weight is 398 g/mol. The Labute approximate surface area is 178 Å². The number of benzene rings is 3. The van der Waals surface area contributed by atoms with Gasteiger partial charge in [0.1, 0.15) is 11.6 Å².